The van der Waals surface area contributed by atoms with Gasteiger partial charge in [0, 0.05) is 98.7 Å². The molecule has 3 aromatic heterocycles. The van der Waals surface area contributed by atoms with Crippen LogP contribution < -0.4 is 20.3 Å². The molecule has 2 aromatic carbocycles. The standard InChI is InChI=1S/C43H47F2N11O6S/c1-3-53(2)63(61,62)52-34-9-8-33(44)38(39(34)45)40(59)32-24-47-41-31(32)20-28(21-46-41)29-22-48-43(49-23-29)56-18-16-55(17-19-56)37(58)25-54-14-12-27(13-15-54)26-4-6-30(7-5-26)50-35-10-11-36(57)51-42(35)60/h4-9,20-24,27,35,50,52H,3,10-19,25H2,1-2H3,(H,46,47)(H,51,57,60). The first-order valence-electron chi connectivity index (χ1n) is 20.8. The van der Waals surface area contributed by atoms with E-state index in [-0.39, 0.29) is 35.2 Å². The zero-order valence-corrected chi connectivity index (χ0v) is 35.6. The maximum atomic E-state index is 15.6. The van der Waals surface area contributed by atoms with Gasteiger partial charge in [0.2, 0.25) is 29.5 Å². The number of fused-ring (bicyclic) bond motifs is 1. The molecule has 4 N–H and O–H groups in total. The van der Waals surface area contributed by atoms with E-state index in [1.165, 1.54) is 18.8 Å². The number of piperidine rings is 2. The molecule has 63 heavy (non-hydrogen) atoms. The first kappa shape index (κ1) is 43.3. The lowest BCUT2D eigenvalue weighted by Crippen LogP contribution is -2.52. The predicted octanol–water partition coefficient (Wildman–Crippen LogP) is 3.88. The lowest BCUT2D eigenvalue weighted by atomic mass is 9.89. The van der Waals surface area contributed by atoms with E-state index in [0.29, 0.717) is 74.2 Å². The summed E-state index contributed by atoms with van der Waals surface area (Å²) in [4.78, 5) is 73.0. The number of rotatable bonds is 13. The van der Waals surface area contributed by atoms with E-state index in [1.807, 2.05) is 21.9 Å². The predicted molar refractivity (Wildman–Crippen MR) is 231 cm³/mol. The molecule has 20 heteroatoms. The Morgan fingerprint density at radius 2 is 1.60 bits per heavy atom. The quantitative estimate of drug-likeness (QED) is 0.0983. The highest BCUT2D eigenvalue weighted by Gasteiger charge is 2.30. The van der Waals surface area contributed by atoms with Gasteiger partial charge >= 0.3 is 10.2 Å². The molecule has 3 amide bonds. The van der Waals surface area contributed by atoms with Crippen LogP contribution in [0.5, 0.6) is 0 Å². The van der Waals surface area contributed by atoms with Crippen LogP contribution in [-0.2, 0) is 24.6 Å². The number of benzene rings is 2. The van der Waals surface area contributed by atoms with E-state index in [2.05, 4.69) is 52.3 Å². The average molecular weight is 884 g/mol. The fourth-order valence-corrected chi connectivity index (χ4v) is 9.03. The van der Waals surface area contributed by atoms with Crippen LogP contribution in [0, 0.1) is 11.6 Å². The number of aromatic amines is 1. The number of H-pyrrole nitrogens is 1. The summed E-state index contributed by atoms with van der Waals surface area (Å²) in [5.74, 6) is -3.09. The Morgan fingerprint density at radius 1 is 0.905 bits per heavy atom. The van der Waals surface area contributed by atoms with E-state index >= 15 is 8.78 Å². The van der Waals surface area contributed by atoms with Gasteiger partial charge in [-0.15, -0.1) is 0 Å². The summed E-state index contributed by atoms with van der Waals surface area (Å²) in [6, 6.07) is 11.1. The molecular weight excluding hydrogens is 837 g/mol. The number of carbonyl (C=O) groups excluding carboxylic acids is 4. The van der Waals surface area contributed by atoms with Crippen LogP contribution in [0.1, 0.15) is 60.0 Å². The molecule has 0 aliphatic carbocycles. The van der Waals surface area contributed by atoms with Crippen LogP contribution >= 0.6 is 0 Å². The summed E-state index contributed by atoms with van der Waals surface area (Å²) in [6.45, 7) is 5.81. The van der Waals surface area contributed by atoms with Crippen molar-refractivity contribution in [1.29, 1.82) is 0 Å². The summed E-state index contributed by atoms with van der Waals surface area (Å²) in [5.41, 5.74) is 1.93. The number of nitrogens with zero attached hydrogens (tertiary/aromatic N) is 7. The lowest BCUT2D eigenvalue weighted by molar-refractivity contribution is -0.134. The number of carbonyl (C=O) groups is 4. The third kappa shape index (κ3) is 9.37. The topological polar surface area (TPSA) is 206 Å². The molecule has 8 rings (SSSR count). The Balaban J connectivity index is 0.834. The second-order valence-corrected chi connectivity index (χ2v) is 17.7. The summed E-state index contributed by atoms with van der Waals surface area (Å²) >= 11 is 0. The molecular formula is C43H47F2N11O6S. The van der Waals surface area contributed by atoms with E-state index < -0.39 is 44.9 Å². The molecule has 1 unspecified atom stereocenters. The maximum Gasteiger partial charge on any atom is 0.301 e. The van der Waals surface area contributed by atoms with Gasteiger partial charge in [0.05, 0.1) is 17.8 Å². The largest absolute Gasteiger partial charge is 0.374 e. The molecule has 3 saturated heterocycles. The number of ketones is 1. The number of hydrogen-bond donors (Lipinski definition) is 4. The van der Waals surface area contributed by atoms with Crippen molar-refractivity contribution < 1.29 is 36.4 Å². The van der Waals surface area contributed by atoms with Crippen LogP contribution in [0.25, 0.3) is 22.2 Å². The van der Waals surface area contributed by atoms with Crippen molar-refractivity contribution in [2.75, 3.05) is 74.3 Å². The monoisotopic (exact) mass is 883 g/mol. The number of aromatic nitrogens is 4. The second kappa shape index (κ2) is 18.1. The number of nitrogens with one attached hydrogen (secondary N) is 4. The number of hydrogen-bond acceptors (Lipinski definition) is 12. The SMILES string of the molecule is CCN(C)S(=O)(=O)Nc1ccc(F)c(C(=O)c2c[nH]c3ncc(-c4cnc(N5CCN(C(=O)CN6CCC(c7ccc(NC8CCC(=O)NC8=O)cc7)CC6)CC5)nc4)cc23)c1F. The van der Waals surface area contributed by atoms with E-state index in [4.69, 9.17) is 0 Å². The molecule has 1 atom stereocenters. The van der Waals surface area contributed by atoms with Crippen LogP contribution in [0.4, 0.5) is 26.1 Å². The van der Waals surface area contributed by atoms with E-state index in [9.17, 15) is 27.6 Å². The molecule has 3 fully saturated rings. The molecule has 330 valence electrons. The van der Waals surface area contributed by atoms with Gasteiger partial charge in [-0.25, -0.2) is 23.7 Å². The number of likely N-dealkylation sites (tertiary alicyclic amines) is 1. The number of halogens is 2. The molecule has 6 heterocycles. The summed E-state index contributed by atoms with van der Waals surface area (Å²) in [5, 5.41) is 5.88. The van der Waals surface area contributed by atoms with Gasteiger partial charge < -0.3 is 20.1 Å². The number of piperazine rings is 1. The van der Waals surface area contributed by atoms with Crippen molar-refractivity contribution >= 4 is 62.1 Å². The van der Waals surface area contributed by atoms with Crippen molar-refractivity contribution in [3.63, 3.8) is 0 Å². The van der Waals surface area contributed by atoms with Crippen molar-refractivity contribution in [3.05, 3.63) is 95.6 Å². The Labute approximate surface area is 362 Å². The van der Waals surface area contributed by atoms with Gasteiger partial charge in [0.1, 0.15) is 17.5 Å². The molecule has 3 aliphatic rings. The Morgan fingerprint density at radius 3 is 2.29 bits per heavy atom. The van der Waals surface area contributed by atoms with Crippen LogP contribution in [0.15, 0.2) is 67.3 Å². The molecule has 0 radical (unpaired) electrons. The van der Waals surface area contributed by atoms with Gasteiger partial charge in [-0.3, -0.25) is 34.1 Å². The molecule has 0 spiro atoms. The van der Waals surface area contributed by atoms with Gasteiger partial charge in [-0.2, -0.15) is 12.7 Å². The van der Waals surface area contributed by atoms with E-state index in [1.54, 1.807) is 31.6 Å². The summed E-state index contributed by atoms with van der Waals surface area (Å²) < 4.78 is 58.7. The van der Waals surface area contributed by atoms with Crippen molar-refractivity contribution in [3.8, 4) is 11.1 Å². The molecule has 3 aliphatic heterocycles. The van der Waals surface area contributed by atoms with Crippen molar-refractivity contribution in [1.82, 2.24) is 39.4 Å². The van der Waals surface area contributed by atoms with Crippen LogP contribution in [0.2, 0.25) is 0 Å². The smallest absolute Gasteiger partial charge is 0.301 e. The van der Waals surface area contributed by atoms with Crippen LogP contribution in [0.3, 0.4) is 0 Å². The zero-order valence-electron chi connectivity index (χ0n) is 34.7. The fourth-order valence-electron chi connectivity index (χ4n) is 8.10. The highest BCUT2D eigenvalue weighted by Crippen LogP contribution is 2.31. The molecule has 17 nitrogen and oxygen atoms in total. The average Bonchev–Trinajstić information content (AvgIpc) is 3.72. The van der Waals surface area contributed by atoms with Gasteiger partial charge in [0.25, 0.3) is 0 Å². The summed E-state index contributed by atoms with van der Waals surface area (Å²) in [7, 11) is -2.86. The summed E-state index contributed by atoms with van der Waals surface area (Å²) in [6.07, 6.45) is 8.75. The number of pyridine rings is 1. The first-order valence-corrected chi connectivity index (χ1v) is 22.2. The minimum absolute atomic E-state index is 0.0671. The Hall–Kier alpha value is -6.38. The maximum absolute atomic E-state index is 15.6. The fraction of sp³-hybridized carbons (Fsp3) is 0.372. The molecule has 0 saturated carbocycles. The Bertz CT molecular complexity index is 2650. The third-order valence-corrected chi connectivity index (χ3v) is 13.5. The van der Waals surface area contributed by atoms with Crippen molar-refractivity contribution in [2.45, 2.75) is 44.6 Å². The Kier molecular flexibility index (Phi) is 12.5. The zero-order chi connectivity index (χ0) is 44.4. The number of imide groups is 1. The highest BCUT2D eigenvalue weighted by molar-refractivity contribution is 7.90. The first-order chi connectivity index (χ1) is 30.3. The number of amides is 3. The minimum Gasteiger partial charge on any atom is -0.374 e. The van der Waals surface area contributed by atoms with Crippen molar-refractivity contribution in [2.24, 2.45) is 0 Å². The van der Waals surface area contributed by atoms with Crippen LogP contribution in [-0.4, -0.2) is 131 Å². The minimum atomic E-state index is -4.15. The highest BCUT2D eigenvalue weighted by atomic mass is 32.2. The van der Waals surface area contributed by atoms with Gasteiger partial charge in [-0.05, 0) is 74.2 Å². The van der Waals surface area contributed by atoms with E-state index in [0.717, 1.165) is 48.1 Å². The normalized spacial score (nSPS) is 17.9. The third-order valence-electron chi connectivity index (χ3n) is 12.0. The van der Waals surface area contributed by atoms with Gasteiger partial charge in [-0.1, -0.05) is 19.1 Å². The second-order valence-electron chi connectivity index (χ2n) is 15.9. The number of anilines is 3. The molecule has 5 aromatic rings. The molecule has 0 bridgehead atoms. The lowest BCUT2D eigenvalue weighted by Gasteiger charge is -2.37. The van der Waals surface area contributed by atoms with Gasteiger partial charge in [0.15, 0.2) is 5.82 Å².